The number of hydrogen-bond acceptors (Lipinski definition) is 4. The Hall–Kier alpha value is -1.89. The molecule has 138 valence electrons. The van der Waals surface area contributed by atoms with E-state index in [4.69, 9.17) is 11.6 Å². The average Bonchev–Trinajstić information content (AvgIpc) is 2.68. The van der Waals surface area contributed by atoms with Gasteiger partial charge >= 0.3 is 0 Å². The van der Waals surface area contributed by atoms with E-state index in [0.717, 1.165) is 36.2 Å². The van der Waals surface area contributed by atoms with Crippen LogP contribution in [0.3, 0.4) is 0 Å². The fourth-order valence-electron chi connectivity index (χ4n) is 2.88. The molecule has 1 aliphatic heterocycles. The van der Waals surface area contributed by atoms with Gasteiger partial charge < -0.3 is 0 Å². The number of hydrazone groups is 1. The van der Waals surface area contributed by atoms with E-state index < -0.39 is 10.0 Å². The Morgan fingerprint density at radius 1 is 1.04 bits per heavy atom. The molecule has 0 amide bonds. The second-order valence-electron chi connectivity index (χ2n) is 6.28. The van der Waals surface area contributed by atoms with E-state index in [0.29, 0.717) is 23.0 Å². The summed E-state index contributed by atoms with van der Waals surface area (Å²) in [7, 11) is -3.40. The Balaban J connectivity index is 1.74. The Labute approximate surface area is 159 Å². The number of halogens is 1. The second kappa shape index (κ2) is 8.20. The van der Waals surface area contributed by atoms with Crippen LogP contribution in [0.25, 0.3) is 0 Å². The minimum Gasteiger partial charge on any atom is -0.277 e. The third-order valence-corrected chi connectivity index (χ3v) is 6.69. The zero-order valence-corrected chi connectivity index (χ0v) is 16.2. The molecule has 1 N–H and O–H groups in total. The molecule has 1 heterocycles. The SMILES string of the molecule is C/C(=N/Nc1ccccc1Cl)c1ccc(S(=O)(=O)N2CCCCC2)cc1. The molecule has 7 heteroatoms. The number of rotatable bonds is 5. The molecule has 1 fully saturated rings. The summed E-state index contributed by atoms with van der Waals surface area (Å²) in [6.45, 7) is 3.07. The second-order valence-corrected chi connectivity index (χ2v) is 8.62. The Morgan fingerprint density at radius 2 is 1.69 bits per heavy atom. The van der Waals surface area contributed by atoms with Crippen molar-refractivity contribution in [3.63, 3.8) is 0 Å². The molecule has 5 nitrogen and oxygen atoms in total. The first-order chi connectivity index (χ1) is 12.5. The number of nitrogens with one attached hydrogen (secondary N) is 1. The molecule has 0 bridgehead atoms. The van der Waals surface area contributed by atoms with Crippen molar-refractivity contribution in [3.05, 3.63) is 59.1 Å². The van der Waals surface area contributed by atoms with Gasteiger partial charge in [0.15, 0.2) is 0 Å². The summed E-state index contributed by atoms with van der Waals surface area (Å²) in [4.78, 5) is 0.329. The topological polar surface area (TPSA) is 61.8 Å². The zero-order chi connectivity index (χ0) is 18.6. The van der Waals surface area contributed by atoms with Gasteiger partial charge in [-0.3, -0.25) is 5.43 Å². The molecule has 0 unspecified atom stereocenters. The van der Waals surface area contributed by atoms with Crippen LogP contribution in [0.5, 0.6) is 0 Å². The lowest BCUT2D eigenvalue weighted by Gasteiger charge is -2.25. The van der Waals surface area contributed by atoms with Crippen molar-refractivity contribution in [2.75, 3.05) is 18.5 Å². The molecular weight excluding hydrogens is 370 g/mol. The van der Waals surface area contributed by atoms with Crippen molar-refractivity contribution in [2.45, 2.75) is 31.1 Å². The molecule has 0 radical (unpaired) electrons. The van der Waals surface area contributed by atoms with Crippen LogP contribution in [-0.2, 0) is 10.0 Å². The maximum absolute atomic E-state index is 12.7. The number of nitrogens with zero attached hydrogens (tertiary/aromatic N) is 2. The van der Waals surface area contributed by atoms with E-state index in [1.807, 2.05) is 25.1 Å². The van der Waals surface area contributed by atoms with Gasteiger partial charge in [-0.25, -0.2) is 8.42 Å². The third-order valence-electron chi connectivity index (χ3n) is 4.44. The summed E-state index contributed by atoms with van der Waals surface area (Å²) in [5.41, 5.74) is 5.25. The molecule has 2 aromatic rings. The lowest BCUT2D eigenvalue weighted by Crippen LogP contribution is -2.35. The average molecular weight is 392 g/mol. The van der Waals surface area contributed by atoms with Gasteiger partial charge in [0.25, 0.3) is 0 Å². The van der Waals surface area contributed by atoms with Gasteiger partial charge in [0.1, 0.15) is 0 Å². The number of hydrogen-bond donors (Lipinski definition) is 1. The Morgan fingerprint density at radius 3 is 2.35 bits per heavy atom. The summed E-state index contributed by atoms with van der Waals surface area (Å²) < 4.78 is 26.9. The van der Waals surface area contributed by atoms with Crippen LogP contribution in [-0.4, -0.2) is 31.5 Å². The highest BCUT2D eigenvalue weighted by molar-refractivity contribution is 7.89. The molecule has 0 spiro atoms. The summed E-state index contributed by atoms with van der Waals surface area (Å²) in [5, 5.41) is 4.92. The quantitative estimate of drug-likeness (QED) is 0.608. The molecule has 0 aliphatic carbocycles. The lowest BCUT2D eigenvalue weighted by molar-refractivity contribution is 0.346. The van der Waals surface area contributed by atoms with Crippen molar-refractivity contribution in [2.24, 2.45) is 5.10 Å². The molecule has 26 heavy (non-hydrogen) atoms. The van der Waals surface area contributed by atoms with Gasteiger partial charge in [0.2, 0.25) is 10.0 Å². The van der Waals surface area contributed by atoms with Crippen LogP contribution in [0.2, 0.25) is 5.02 Å². The number of anilines is 1. The number of benzene rings is 2. The normalized spacial score (nSPS) is 16.5. The smallest absolute Gasteiger partial charge is 0.243 e. The monoisotopic (exact) mass is 391 g/mol. The van der Waals surface area contributed by atoms with Crippen LogP contribution < -0.4 is 5.43 Å². The molecular formula is C19H22ClN3O2S. The number of sulfonamides is 1. The predicted molar refractivity (Wildman–Crippen MR) is 106 cm³/mol. The van der Waals surface area contributed by atoms with Gasteiger partial charge in [-0.05, 0) is 49.6 Å². The number of para-hydroxylation sites is 1. The predicted octanol–water partition coefficient (Wildman–Crippen LogP) is 4.35. The molecule has 3 rings (SSSR count). The minimum atomic E-state index is -3.40. The third kappa shape index (κ3) is 4.26. The Bertz CT molecular complexity index is 889. The van der Waals surface area contributed by atoms with Crippen LogP contribution in [0.1, 0.15) is 31.7 Å². The molecule has 1 saturated heterocycles. The van der Waals surface area contributed by atoms with E-state index >= 15 is 0 Å². The highest BCUT2D eigenvalue weighted by atomic mass is 35.5. The van der Waals surface area contributed by atoms with Crippen LogP contribution in [0, 0.1) is 0 Å². The highest BCUT2D eigenvalue weighted by Crippen LogP contribution is 2.22. The fourth-order valence-corrected chi connectivity index (χ4v) is 4.58. The zero-order valence-electron chi connectivity index (χ0n) is 14.7. The van der Waals surface area contributed by atoms with Crippen molar-refractivity contribution in [3.8, 4) is 0 Å². The van der Waals surface area contributed by atoms with E-state index in [9.17, 15) is 8.42 Å². The van der Waals surface area contributed by atoms with E-state index in [-0.39, 0.29) is 0 Å². The largest absolute Gasteiger partial charge is 0.277 e. The van der Waals surface area contributed by atoms with Gasteiger partial charge in [-0.2, -0.15) is 9.41 Å². The first-order valence-electron chi connectivity index (χ1n) is 8.64. The van der Waals surface area contributed by atoms with E-state index in [1.54, 1.807) is 34.6 Å². The van der Waals surface area contributed by atoms with E-state index in [1.165, 1.54) is 0 Å². The molecule has 0 aromatic heterocycles. The van der Waals surface area contributed by atoms with Crippen molar-refractivity contribution in [1.82, 2.24) is 4.31 Å². The molecule has 0 atom stereocenters. The van der Waals surface area contributed by atoms with Crippen molar-refractivity contribution >= 4 is 33.0 Å². The van der Waals surface area contributed by atoms with Crippen molar-refractivity contribution in [1.29, 1.82) is 0 Å². The lowest BCUT2D eigenvalue weighted by atomic mass is 10.1. The molecule has 1 aliphatic rings. The first kappa shape index (κ1) is 18.9. The summed E-state index contributed by atoms with van der Waals surface area (Å²) in [6, 6.07) is 14.2. The Kier molecular flexibility index (Phi) is 5.96. The first-order valence-corrected chi connectivity index (χ1v) is 10.5. The summed E-state index contributed by atoms with van der Waals surface area (Å²) in [6.07, 6.45) is 2.95. The van der Waals surface area contributed by atoms with Crippen molar-refractivity contribution < 1.29 is 8.42 Å². The van der Waals surface area contributed by atoms with Gasteiger partial charge in [0.05, 0.1) is 21.3 Å². The van der Waals surface area contributed by atoms with Gasteiger partial charge in [-0.15, -0.1) is 0 Å². The highest BCUT2D eigenvalue weighted by Gasteiger charge is 2.25. The summed E-state index contributed by atoms with van der Waals surface area (Å²) in [5.74, 6) is 0. The molecule has 0 saturated carbocycles. The molecule has 2 aromatic carbocycles. The standard InChI is InChI=1S/C19H22ClN3O2S/c1-15(21-22-19-8-4-3-7-18(19)20)16-9-11-17(12-10-16)26(24,25)23-13-5-2-6-14-23/h3-4,7-12,22H,2,5-6,13-14H2,1H3/b21-15-. The van der Waals surface area contributed by atoms with E-state index in [2.05, 4.69) is 10.5 Å². The van der Waals surface area contributed by atoms with Gasteiger partial charge in [-0.1, -0.05) is 42.3 Å². The maximum Gasteiger partial charge on any atom is 0.243 e. The van der Waals surface area contributed by atoms with Gasteiger partial charge in [0, 0.05) is 13.1 Å². The van der Waals surface area contributed by atoms with Crippen LogP contribution in [0.15, 0.2) is 58.5 Å². The maximum atomic E-state index is 12.7. The van der Waals surface area contributed by atoms with Crippen LogP contribution in [0.4, 0.5) is 5.69 Å². The number of piperidine rings is 1. The summed E-state index contributed by atoms with van der Waals surface area (Å²) >= 11 is 6.10. The minimum absolute atomic E-state index is 0.329. The van der Waals surface area contributed by atoms with Crippen LogP contribution >= 0.6 is 11.6 Å². The fraction of sp³-hybridized carbons (Fsp3) is 0.316.